The van der Waals surface area contributed by atoms with Crippen LogP contribution in [0.3, 0.4) is 0 Å². The lowest BCUT2D eigenvalue weighted by Gasteiger charge is -2.32. The number of likely N-dealkylation sites (tertiary alicyclic amines) is 1. The Morgan fingerprint density at radius 1 is 1.29 bits per heavy atom. The van der Waals surface area contributed by atoms with E-state index in [4.69, 9.17) is 17.0 Å². The van der Waals surface area contributed by atoms with Gasteiger partial charge in [-0.25, -0.2) is 0 Å². The number of rotatable bonds is 4. The second-order valence-corrected chi connectivity index (χ2v) is 5.85. The van der Waals surface area contributed by atoms with Crippen molar-refractivity contribution in [1.29, 1.82) is 0 Å². The Bertz CT molecular complexity index is 464. The molecule has 1 fully saturated rings. The molecule has 0 spiro atoms. The van der Waals surface area contributed by atoms with E-state index in [0.717, 1.165) is 29.5 Å². The van der Waals surface area contributed by atoms with E-state index in [9.17, 15) is 0 Å². The molecule has 0 aliphatic carbocycles. The first-order chi connectivity index (χ1) is 10.3. The SMILES string of the molecule is CCOc1ccccc1NC(=S)N1CCCCCC1CC. The highest BCUT2D eigenvalue weighted by Crippen LogP contribution is 2.26. The van der Waals surface area contributed by atoms with Crippen LogP contribution in [0.2, 0.25) is 0 Å². The molecule has 1 aromatic rings. The predicted molar refractivity (Wildman–Crippen MR) is 93.1 cm³/mol. The van der Waals surface area contributed by atoms with E-state index in [1.165, 1.54) is 25.7 Å². The number of ether oxygens (including phenoxy) is 1. The van der Waals surface area contributed by atoms with Gasteiger partial charge >= 0.3 is 0 Å². The van der Waals surface area contributed by atoms with Gasteiger partial charge in [-0.1, -0.05) is 31.9 Å². The minimum atomic E-state index is 0.562. The van der Waals surface area contributed by atoms with Crippen molar-refractivity contribution in [2.45, 2.75) is 52.0 Å². The summed E-state index contributed by atoms with van der Waals surface area (Å²) in [6.45, 7) is 5.96. The average molecular weight is 306 g/mol. The van der Waals surface area contributed by atoms with E-state index in [1.807, 2.05) is 31.2 Å². The number of hydrogen-bond donors (Lipinski definition) is 1. The molecule has 1 unspecified atom stereocenters. The molecule has 1 heterocycles. The van der Waals surface area contributed by atoms with Gasteiger partial charge in [0.25, 0.3) is 0 Å². The highest BCUT2D eigenvalue weighted by molar-refractivity contribution is 7.80. The fraction of sp³-hybridized carbons (Fsp3) is 0.588. The summed E-state index contributed by atoms with van der Waals surface area (Å²) >= 11 is 5.66. The van der Waals surface area contributed by atoms with E-state index in [0.29, 0.717) is 12.6 Å². The molecule has 1 saturated heterocycles. The summed E-state index contributed by atoms with van der Waals surface area (Å²) in [5, 5.41) is 4.22. The second kappa shape index (κ2) is 8.23. The lowest BCUT2D eigenvalue weighted by atomic mass is 10.1. The Labute approximate surface area is 133 Å². The smallest absolute Gasteiger partial charge is 0.173 e. The normalized spacial score (nSPS) is 19.0. The van der Waals surface area contributed by atoms with Gasteiger partial charge in [-0.15, -0.1) is 0 Å². The van der Waals surface area contributed by atoms with Crippen LogP contribution >= 0.6 is 12.2 Å². The highest BCUT2D eigenvalue weighted by atomic mass is 32.1. The van der Waals surface area contributed by atoms with Crippen molar-refractivity contribution in [2.24, 2.45) is 0 Å². The van der Waals surface area contributed by atoms with Crippen molar-refractivity contribution in [3.8, 4) is 5.75 Å². The molecule has 1 aromatic carbocycles. The number of anilines is 1. The molecule has 1 atom stereocenters. The summed E-state index contributed by atoms with van der Waals surface area (Å²) in [7, 11) is 0. The molecular weight excluding hydrogens is 280 g/mol. The monoisotopic (exact) mass is 306 g/mol. The molecule has 1 aliphatic rings. The van der Waals surface area contributed by atoms with Crippen LogP contribution in [0, 0.1) is 0 Å². The van der Waals surface area contributed by atoms with Gasteiger partial charge in [0, 0.05) is 12.6 Å². The molecular formula is C17H26N2OS. The topological polar surface area (TPSA) is 24.5 Å². The Balaban J connectivity index is 2.09. The zero-order valence-corrected chi connectivity index (χ0v) is 13.9. The Hall–Kier alpha value is -1.29. The fourth-order valence-electron chi connectivity index (χ4n) is 2.91. The van der Waals surface area contributed by atoms with Crippen molar-refractivity contribution in [3.63, 3.8) is 0 Å². The van der Waals surface area contributed by atoms with Gasteiger partial charge in [-0.05, 0) is 50.5 Å². The molecule has 4 heteroatoms. The van der Waals surface area contributed by atoms with Gasteiger partial charge in [-0.2, -0.15) is 0 Å². The van der Waals surface area contributed by atoms with Crippen molar-refractivity contribution >= 4 is 23.0 Å². The van der Waals surface area contributed by atoms with Crippen molar-refractivity contribution in [1.82, 2.24) is 4.90 Å². The first-order valence-corrected chi connectivity index (χ1v) is 8.46. The van der Waals surface area contributed by atoms with Crippen LogP contribution in [0.1, 0.15) is 46.0 Å². The summed E-state index contributed by atoms with van der Waals surface area (Å²) in [4.78, 5) is 2.37. The van der Waals surface area contributed by atoms with E-state index in [2.05, 4.69) is 17.1 Å². The van der Waals surface area contributed by atoms with Gasteiger partial charge < -0.3 is 15.0 Å². The quantitative estimate of drug-likeness (QED) is 0.831. The molecule has 0 bridgehead atoms. The summed E-state index contributed by atoms with van der Waals surface area (Å²) in [6, 6.07) is 8.56. The van der Waals surface area contributed by atoms with E-state index >= 15 is 0 Å². The summed E-state index contributed by atoms with van der Waals surface area (Å²) in [5.74, 6) is 0.866. The first-order valence-electron chi connectivity index (χ1n) is 8.05. The molecule has 0 radical (unpaired) electrons. The molecule has 21 heavy (non-hydrogen) atoms. The van der Waals surface area contributed by atoms with E-state index < -0.39 is 0 Å². The third-order valence-electron chi connectivity index (χ3n) is 4.04. The maximum atomic E-state index is 5.66. The van der Waals surface area contributed by atoms with E-state index in [-0.39, 0.29) is 0 Å². The molecule has 1 aliphatic heterocycles. The number of nitrogens with one attached hydrogen (secondary N) is 1. The van der Waals surface area contributed by atoms with Gasteiger partial charge in [0.1, 0.15) is 5.75 Å². The Morgan fingerprint density at radius 2 is 2.10 bits per heavy atom. The maximum absolute atomic E-state index is 5.66. The summed E-state index contributed by atoms with van der Waals surface area (Å²) < 4.78 is 5.66. The number of hydrogen-bond acceptors (Lipinski definition) is 2. The fourth-order valence-corrected chi connectivity index (χ4v) is 3.26. The molecule has 0 amide bonds. The van der Waals surface area contributed by atoms with Crippen LogP contribution < -0.4 is 10.1 Å². The second-order valence-electron chi connectivity index (χ2n) is 5.46. The largest absolute Gasteiger partial charge is 0.492 e. The minimum absolute atomic E-state index is 0.562. The molecule has 0 aromatic heterocycles. The van der Waals surface area contributed by atoms with Gasteiger partial charge in [0.15, 0.2) is 5.11 Å². The van der Waals surface area contributed by atoms with Crippen LogP contribution in [-0.2, 0) is 0 Å². The standard InChI is InChI=1S/C17H26N2OS/c1-3-14-10-6-5-9-13-19(14)17(21)18-15-11-7-8-12-16(15)20-4-2/h7-8,11-12,14H,3-6,9-10,13H2,1-2H3,(H,18,21). The van der Waals surface area contributed by atoms with Gasteiger partial charge in [0.05, 0.1) is 12.3 Å². The Kier molecular flexibility index (Phi) is 6.30. The zero-order valence-electron chi connectivity index (χ0n) is 13.1. The molecule has 2 rings (SSSR count). The third-order valence-corrected chi connectivity index (χ3v) is 4.37. The predicted octanol–water partition coefficient (Wildman–Crippen LogP) is 4.44. The molecule has 116 valence electrons. The number of nitrogens with zero attached hydrogens (tertiary/aromatic N) is 1. The van der Waals surface area contributed by atoms with Crippen LogP contribution in [0.5, 0.6) is 5.75 Å². The minimum Gasteiger partial charge on any atom is -0.492 e. The molecule has 0 saturated carbocycles. The lowest BCUT2D eigenvalue weighted by Crippen LogP contribution is -2.42. The van der Waals surface area contributed by atoms with Crippen molar-refractivity contribution < 1.29 is 4.74 Å². The van der Waals surface area contributed by atoms with Crippen LogP contribution in [0.15, 0.2) is 24.3 Å². The lowest BCUT2D eigenvalue weighted by molar-refractivity contribution is 0.311. The van der Waals surface area contributed by atoms with Crippen molar-refractivity contribution in [2.75, 3.05) is 18.5 Å². The van der Waals surface area contributed by atoms with Gasteiger partial charge in [0.2, 0.25) is 0 Å². The molecule has 3 nitrogen and oxygen atoms in total. The number of para-hydroxylation sites is 2. The number of thiocarbonyl (C=S) groups is 1. The highest BCUT2D eigenvalue weighted by Gasteiger charge is 2.22. The first kappa shape index (κ1) is 16.1. The number of benzene rings is 1. The zero-order chi connectivity index (χ0) is 15.1. The van der Waals surface area contributed by atoms with Crippen molar-refractivity contribution in [3.05, 3.63) is 24.3 Å². The molecule has 1 N–H and O–H groups in total. The summed E-state index contributed by atoms with van der Waals surface area (Å²) in [6.07, 6.45) is 6.24. The van der Waals surface area contributed by atoms with Crippen LogP contribution in [0.25, 0.3) is 0 Å². The van der Waals surface area contributed by atoms with Gasteiger partial charge in [-0.3, -0.25) is 0 Å². The van der Waals surface area contributed by atoms with Crippen LogP contribution in [0.4, 0.5) is 5.69 Å². The van der Waals surface area contributed by atoms with Crippen LogP contribution in [-0.4, -0.2) is 29.2 Å². The summed E-state index contributed by atoms with van der Waals surface area (Å²) in [5.41, 5.74) is 0.962. The average Bonchev–Trinajstić information content (AvgIpc) is 2.74. The third kappa shape index (κ3) is 4.34. The van der Waals surface area contributed by atoms with E-state index in [1.54, 1.807) is 0 Å². The Morgan fingerprint density at radius 3 is 2.86 bits per heavy atom. The maximum Gasteiger partial charge on any atom is 0.173 e.